The molecule has 135 valence electrons. The molecular weight excluding hydrogens is 384 g/mol. The molecule has 1 aromatic carbocycles. The van der Waals surface area contributed by atoms with E-state index in [9.17, 15) is 14.6 Å². The third-order valence-corrected chi connectivity index (χ3v) is 4.92. The first-order chi connectivity index (χ1) is 12.5. The van der Waals surface area contributed by atoms with E-state index < -0.39 is 30.4 Å². The molecule has 1 aliphatic heterocycles. The summed E-state index contributed by atoms with van der Waals surface area (Å²) in [6.07, 6.45) is 0.347. The van der Waals surface area contributed by atoms with Gasteiger partial charge in [0, 0.05) is 12.6 Å². The maximum absolute atomic E-state index is 13.6. The predicted octanol–water partition coefficient (Wildman–Crippen LogP) is 2.75. The minimum absolute atomic E-state index is 0.00308. The molecule has 26 heavy (non-hydrogen) atoms. The monoisotopic (exact) mass is 396 g/mol. The van der Waals surface area contributed by atoms with Gasteiger partial charge in [-0.15, -0.1) is 0 Å². The Balaban J connectivity index is 1.61. The summed E-state index contributed by atoms with van der Waals surface area (Å²) in [5.74, 6) is -0.576. The number of benzene rings is 1. The van der Waals surface area contributed by atoms with Crippen LogP contribution in [0.3, 0.4) is 0 Å². The van der Waals surface area contributed by atoms with Gasteiger partial charge in [0.1, 0.15) is 35.2 Å². The Morgan fingerprint density at radius 3 is 2.73 bits per heavy atom. The molecule has 9 heteroatoms. The standard InChI is InChI=1S/C17H13Cl2FN3O3/c18-10-2-1-8(5-11(10)20)6-12-13(24)14(25)17(26-12)23-4-3-9-15(19)21-7-22-16(9)23/h1-7,12-14,17,24-25H/t12-,13+,14+,17+/m0/s1. The number of aliphatic hydroxyl groups is 2. The van der Waals surface area contributed by atoms with Crippen LogP contribution < -0.4 is 0 Å². The number of fused-ring (bicyclic) bond motifs is 1. The molecule has 0 amide bonds. The zero-order chi connectivity index (χ0) is 18.4. The molecule has 1 radical (unpaired) electrons. The first kappa shape index (κ1) is 17.6. The molecule has 4 atom stereocenters. The number of nitrogens with zero attached hydrogens (tertiary/aromatic N) is 3. The van der Waals surface area contributed by atoms with Crippen molar-refractivity contribution in [2.24, 2.45) is 0 Å². The molecule has 0 saturated carbocycles. The lowest BCUT2D eigenvalue weighted by Crippen LogP contribution is -2.31. The van der Waals surface area contributed by atoms with E-state index in [0.29, 0.717) is 16.6 Å². The smallest absolute Gasteiger partial charge is 0.164 e. The summed E-state index contributed by atoms with van der Waals surface area (Å²) in [4.78, 5) is 8.06. The van der Waals surface area contributed by atoms with Crippen molar-refractivity contribution < 1.29 is 19.3 Å². The molecule has 4 rings (SSSR count). The van der Waals surface area contributed by atoms with Crippen molar-refractivity contribution in [3.63, 3.8) is 0 Å². The molecule has 2 aromatic heterocycles. The van der Waals surface area contributed by atoms with E-state index in [2.05, 4.69) is 9.97 Å². The fourth-order valence-corrected chi connectivity index (χ4v) is 3.31. The maximum Gasteiger partial charge on any atom is 0.164 e. The summed E-state index contributed by atoms with van der Waals surface area (Å²) in [5, 5.41) is 21.6. The summed E-state index contributed by atoms with van der Waals surface area (Å²) in [7, 11) is 0. The molecule has 3 heterocycles. The molecule has 0 spiro atoms. The lowest BCUT2D eigenvalue weighted by atomic mass is 10.0. The zero-order valence-electron chi connectivity index (χ0n) is 13.1. The van der Waals surface area contributed by atoms with Crippen LogP contribution in [-0.2, 0) is 4.74 Å². The van der Waals surface area contributed by atoms with Gasteiger partial charge in [0.2, 0.25) is 0 Å². The highest BCUT2D eigenvalue weighted by atomic mass is 35.5. The molecule has 0 aliphatic carbocycles. The van der Waals surface area contributed by atoms with Crippen LogP contribution in [-0.4, -0.2) is 43.1 Å². The van der Waals surface area contributed by atoms with Crippen LogP contribution >= 0.6 is 23.2 Å². The molecule has 1 aliphatic rings. The van der Waals surface area contributed by atoms with Crippen molar-refractivity contribution in [1.29, 1.82) is 0 Å². The molecule has 2 N–H and O–H groups in total. The third kappa shape index (κ3) is 2.95. The Labute approximate surface area is 157 Å². The molecule has 0 bridgehead atoms. The fraction of sp³-hybridized carbons (Fsp3) is 0.235. The van der Waals surface area contributed by atoms with E-state index in [1.807, 2.05) is 0 Å². The van der Waals surface area contributed by atoms with Gasteiger partial charge in [0.25, 0.3) is 0 Å². The lowest BCUT2D eigenvalue weighted by molar-refractivity contribution is -0.0262. The number of rotatable bonds is 3. The van der Waals surface area contributed by atoms with Gasteiger partial charge >= 0.3 is 0 Å². The van der Waals surface area contributed by atoms with Crippen molar-refractivity contribution in [3.8, 4) is 0 Å². The molecule has 0 unspecified atom stereocenters. The quantitative estimate of drug-likeness (QED) is 0.665. The number of aromatic nitrogens is 3. The van der Waals surface area contributed by atoms with Gasteiger partial charge in [0.15, 0.2) is 6.23 Å². The van der Waals surface area contributed by atoms with Crippen LogP contribution in [0.5, 0.6) is 0 Å². The van der Waals surface area contributed by atoms with Gasteiger partial charge in [0.05, 0.1) is 16.5 Å². The third-order valence-electron chi connectivity index (χ3n) is 4.31. The Hall–Kier alpha value is -1.77. The fourth-order valence-electron chi connectivity index (χ4n) is 3.00. The summed E-state index contributed by atoms with van der Waals surface area (Å²) in [6, 6.07) is 5.94. The minimum Gasteiger partial charge on any atom is -0.387 e. The molecule has 1 fully saturated rings. The second kappa shape index (κ2) is 6.75. The summed E-state index contributed by atoms with van der Waals surface area (Å²) in [6.45, 7) is 0. The van der Waals surface area contributed by atoms with Crippen LogP contribution in [0.1, 0.15) is 11.8 Å². The van der Waals surface area contributed by atoms with Crippen LogP contribution in [0.25, 0.3) is 11.0 Å². The molecule has 1 saturated heterocycles. The topological polar surface area (TPSA) is 80.4 Å². The van der Waals surface area contributed by atoms with E-state index in [4.69, 9.17) is 27.9 Å². The van der Waals surface area contributed by atoms with Crippen molar-refractivity contribution in [2.75, 3.05) is 0 Å². The Kier molecular flexibility index (Phi) is 4.58. The Morgan fingerprint density at radius 2 is 1.96 bits per heavy atom. The summed E-state index contributed by atoms with van der Waals surface area (Å²) >= 11 is 11.7. The highest BCUT2D eigenvalue weighted by Crippen LogP contribution is 2.35. The van der Waals surface area contributed by atoms with Crippen LogP contribution in [0.2, 0.25) is 10.2 Å². The van der Waals surface area contributed by atoms with Crippen LogP contribution in [0.15, 0.2) is 36.8 Å². The van der Waals surface area contributed by atoms with Crippen molar-refractivity contribution in [3.05, 3.63) is 64.8 Å². The number of hydrogen-bond donors (Lipinski definition) is 2. The van der Waals surface area contributed by atoms with Gasteiger partial charge in [-0.25, -0.2) is 14.4 Å². The number of ether oxygens (including phenoxy) is 1. The highest BCUT2D eigenvalue weighted by Gasteiger charge is 2.44. The zero-order valence-corrected chi connectivity index (χ0v) is 14.6. The van der Waals surface area contributed by atoms with Crippen LogP contribution in [0.4, 0.5) is 4.39 Å². The predicted molar refractivity (Wildman–Crippen MR) is 93.3 cm³/mol. The van der Waals surface area contributed by atoms with Crippen molar-refractivity contribution in [2.45, 2.75) is 24.5 Å². The normalized spacial score (nSPS) is 25.9. The van der Waals surface area contributed by atoms with Gasteiger partial charge in [-0.1, -0.05) is 29.3 Å². The number of halogens is 3. The number of aliphatic hydroxyl groups excluding tert-OH is 2. The van der Waals surface area contributed by atoms with Gasteiger partial charge < -0.3 is 19.5 Å². The largest absolute Gasteiger partial charge is 0.387 e. The van der Waals surface area contributed by atoms with E-state index in [0.717, 1.165) is 0 Å². The van der Waals surface area contributed by atoms with Crippen molar-refractivity contribution in [1.82, 2.24) is 14.5 Å². The lowest BCUT2D eigenvalue weighted by Gasteiger charge is -2.17. The maximum atomic E-state index is 13.6. The van der Waals surface area contributed by atoms with Gasteiger partial charge in [-0.05, 0) is 23.8 Å². The molecule has 3 aromatic rings. The molecule has 6 nitrogen and oxygen atoms in total. The first-order valence-electron chi connectivity index (χ1n) is 7.74. The van der Waals surface area contributed by atoms with Gasteiger partial charge in [-0.2, -0.15) is 0 Å². The van der Waals surface area contributed by atoms with Crippen molar-refractivity contribution >= 4 is 34.2 Å². The summed E-state index contributed by atoms with van der Waals surface area (Å²) in [5.41, 5.74) is 0.950. The van der Waals surface area contributed by atoms with Gasteiger partial charge in [-0.3, -0.25) is 0 Å². The van der Waals surface area contributed by atoms with E-state index in [1.165, 1.54) is 24.9 Å². The number of hydrogen-bond acceptors (Lipinski definition) is 5. The Bertz CT molecular complexity index is 968. The second-order valence-electron chi connectivity index (χ2n) is 5.94. The second-order valence-corrected chi connectivity index (χ2v) is 6.70. The highest BCUT2D eigenvalue weighted by molar-refractivity contribution is 6.33. The minimum atomic E-state index is -1.21. The summed E-state index contributed by atoms with van der Waals surface area (Å²) < 4.78 is 21.0. The van der Waals surface area contributed by atoms with E-state index in [1.54, 1.807) is 22.9 Å². The average molecular weight is 397 g/mol. The van der Waals surface area contributed by atoms with E-state index >= 15 is 0 Å². The van der Waals surface area contributed by atoms with E-state index in [-0.39, 0.29) is 10.2 Å². The SMILES string of the molecule is O[C@@H]1[C@H](O)[C@H]([CH]c2ccc(Cl)c(F)c2)O[C@H]1n1ccc2c(Cl)ncnc21. The van der Waals surface area contributed by atoms with Crippen LogP contribution in [0, 0.1) is 12.2 Å². The molecular formula is C17H13Cl2FN3O3. The Morgan fingerprint density at radius 1 is 1.15 bits per heavy atom. The first-order valence-corrected chi connectivity index (χ1v) is 8.50. The average Bonchev–Trinajstić information content (AvgIpc) is 3.16.